The zero-order valence-electron chi connectivity index (χ0n) is 17.1. The summed E-state index contributed by atoms with van der Waals surface area (Å²) in [6.07, 6.45) is 4.99. The molecule has 1 saturated carbocycles. The molecule has 0 spiro atoms. The fraction of sp³-hybridized carbons (Fsp3) is 0.429. The number of fused-ring (bicyclic) bond motifs is 3. The van der Waals surface area contributed by atoms with Gasteiger partial charge in [-0.2, -0.15) is 4.31 Å². The van der Waals surface area contributed by atoms with Crippen LogP contribution in [0.25, 0.3) is 21.8 Å². The quantitative estimate of drug-likeness (QED) is 0.533. The van der Waals surface area contributed by atoms with Crippen molar-refractivity contribution in [1.29, 1.82) is 0 Å². The lowest BCUT2D eigenvalue weighted by Crippen LogP contribution is -2.42. The van der Waals surface area contributed by atoms with Crippen LogP contribution in [0.2, 0.25) is 0 Å². The van der Waals surface area contributed by atoms with Crippen LogP contribution in [0.3, 0.4) is 0 Å². The van der Waals surface area contributed by atoms with Crippen molar-refractivity contribution in [3.05, 3.63) is 40.3 Å². The number of carbonyl (C=O) groups is 1. The first-order valence-electron chi connectivity index (χ1n) is 10.4. The Hall–Kier alpha value is -2.69. The number of rotatable bonds is 6. The molecular formula is C21H24N4O5S. The average molecular weight is 445 g/mol. The maximum Gasteiger partial charge on any atom is 0.337 e. The lowest BCUT2D eigenvalue weighted by molar-refractivity contribution is 0.0699. The third-order valence-electron chi connectivity index (χ3n) is 6.47. The Labute approximate surface area is 178 Å². The number of hydrogen-bond acceptors (Lipinski definition) is 5. The predicted molar refractivity (Wildman–Crippen MR) is 116 cm³/mol. The molecule has 1 atom stereocenters. The van der Waals surface area contributed by atoms with Crippen molar-refractivity contribution in [3.8, 4) is 0 Å². The topological polar surface area (TPSA) is 127 Å². The molecule has 3 aromatic rings. The molecule has 1 aliphatic carbocycles. The van der Waals surface area contributed by atoms with Gasteiger partial charge < -0.3 is 20.0 Å². The number of carboxylic acids is 1. The first kappa shape index (κ1) is 20.2. The summed E-state index contributed by atoms with van der Waals surface area (Å²) in [6.45, 7) is 1.42. The Morgan fingerprint density at radius 2 is 2.06 bits per heavy atom. The smallest absolute Gasteiger partial charge is 0.337 e. The molecular weight excluding hydrogens is 420 g/mol. The predicted octanol–water partition coefficient (Wildman–Crippen LogP) is 1.95. The van der Waals surface area contributed by atoms with E-state index in [1.807, 2.05) is 7.05 Å². The van der Waals surface area contributed by atoms with E-state index in [9.17, 15) is 23.1 Å². The number of nitrogens with one attached hydrogen (secondary N) is 2. The molecule has 9 nitrogen and oxygen atoms in total. The van der Waals surface area contributed by atoms with E-state index in [-0.39, 0.29) is 33.4 Å². The molecule has 31 heavy (non-hydrogen) atoms. The highest BCUT2D eigenvalue weighted by Gasteiger charge is 2.40. The number of likely N-dealkylation sites (N-methyl/N-ethyl adjacent to an activating group) is 1. The SMILES string of the molecule is CN1CCC[C@@H]1CN(C1CC1)S(=O)(=O)c1ccc2[nH]c(=O)c3[nH]cc(C(=O)O)c3c2c1. The van der Waals surface area contributed by atoms with Gasteiger partial charge in [0.25, 0.3) is 5.56 Å². The molecule has 0 unspecified atom stereocenters. The molecule has 10 heteroatoms. The van der Waals surface area contributed by atoms with Crippen molar-refractivity contribution in [2.45, 2.75) is 42.7 Å². The van der Waals surface area contributed by atoms with E-state index in [0.717, 1.165) is 32.2 Å². The maximum atomic E-state index is 13.6. The van der Waals surface area contributed by atoms with Crippen molar-refractivity contribution < 1.29 is 18.3 Å². The zero-order chi connectivity index (χ0) is 21.9. The lowest BCUT2D eigenvalue weighted by atomic mass is 10.1. The van der Waals surface area contributed by atoms with Crippen molar-refractivity contribution in [3.63, 3.8) is 0 Å². The first-order chi connectivity index (χ1) is 14.8. The van der Waals surface area contributed by atoms with E-state index in [1.165, 1.54) is 24.4 Å². The molecule has 2 aliphatic rings. The largest absolute Gasteiger partial charge is 0.478 e. The molecule has 1 saturated heterocycles. The number of carboxylic acid groups (broad SMARTS) is 1. The van der Waals surface area contributed by atoms with Crippen molar-refractivity contribution in [1.82, 2.24) is 19.2 Å². The van der Waals surface area contributed by atoms with Crippen LogP contribution in [0.15, 0.2) is 34.1 Å². The summed E-state index contributed by atoms with van der Waals surface area (Å²) in [5.74, 6) is -1.18. The van der Waals surface area contributed by atoms with E-state index in [1.54, 1.807) is 4.31 Å². The number of aromatic carboxylic acids is 1. The summed E-state index contributed by atoms with van der Waals surface area (Å²) in [7, 11) is -1.75. The fourth-order valence-corrected chi connectivity index (χ4v) is 6.34. The minimum absolute atomic E-state index is 0.00661. The van der Waals surface area contributed by atoms with Gasteiger partial charge in [-0.1, -0.05) is 0 Å². The molecule has 2 aromatic heterocycles. The maximum absolute atomic E-state index is 13.6. The van der Waals surface area contributed by atoms with Crippen LogP contribution in [0, 0.1) is 0 Å². The number of sulfonamides is 1. The van der Waals surface area contributed by atoms with Gasteiger partial charge in [-0.25, -0.2) is 13.2 Å². The molecule has 2 fully saturated rings. The van der Waals surface area contributed by atoms with Gasteiger partial charge in [0, 0.05) is 41.1 Å². The van der Waals surface area contributed by atoms with E-state index in [0.29, 0.717) is 17.4 Å². The van der Waals surface area contributed by atoms with Gasteiger partial charge in [0.15, 0.2) is 0 Å². The van der Waals surface area contributed by atoms with Gasteiger partial charge in [-0.3, -0.25) is 4.79 Å². The fourth-order valence-electron chi connectivity index (χ4n) is 4.59. The van der Waals surface area contributed by atoms with E-state index >= 15 is 0 Å². The standard InChI is InChI=1S/C21H24N4O5S/c1-24-8-2-3-13(24)11-25(12-4-5-12)31(29,30)14-6-7-17-15(9-14)18-16(21(27)28)10-22-19(18)20(26)23-17/h6-7,9-10,12-13,22H,2-5,8,11H2,1H3,(H,23,26)(H,27,28)/t13-/m1/s1. The number of likely N-dealkylation sites (tertiary alicyclic amines) is 1. The third-order valence-corrected chi connectivity index (χ3v) is 8.38. The summed E-state index contributed by atoms with van der Waals surface area (Å²) in [5.41, 5.74) is -0.000104. The van der Waals surface area contributed by atoms with Crippen molar-refractivity contribution >= 4 is 37.8 Å². The highest BCUT2D eigenvalue weighted by Crippen LogP contribution is 2.35. The van der Waals surface area contributed by atoms with Crippen LogP contribution in [0.4, 0.5) is 0 Å². The molecule has 0 bridgehead atoms. The Kier molecular flexibility index (Phi) is 4.68. The molecule has 1 aliphatic heterocycles. The number of nitrogens with zero attached hydrogens (tertiary/aromatic N) is 2. The van der Waals surface area contributed by atoms with Crippen molar-refractivity contribution in [2.24, 2.45) is 0 Å². The Morgan fingerprint density at radius 1 is 1.29 bits per heavy atom. The second-order valence-corrected chi connectivity index (χ2v) is 10.4. The lowest BCUT2D eigenvalue weighted by Gasteiger charge is -2.28. The van der Waals surface area contributed by atoms with E-state index in [4.69, 9.17) is 0 Å². The van der Waals surface area contributed by atoms with Gasteiger partial charge in [0.1, 0.15) is 5.52 Å². The Balaban J connectivity index is 1.64. The van der Waals surface area contributed by atoms with Gasteiger partial charge in [-0.15, -0.1) is 0 Å². The summed E-state index contributed by atoms with van der Waals surface area (Å²) in [6, 6.07) is 4.71. The zero-order valence-corrected chi connectivity index (χ0v) is 17.9. The molecule has 1 aromatic carbocycles. The Bertz CT molecular complexity index is 1360. The van der Waals surface area contributed by atoms with Crippen LogP contribution in [0.1, 0.15) is 36.0 Å². The summed E-state index contributed by atoms with van der Waals surface area (Å²) >= 11 is 0. The number of hydrogen-bond donors (Lipinski definition) is 3. The van der Waals surface area contributed by atoms with Gasteiger partial charge in [0.2, 0.25) is 10.0 Å². The summed E-state index contributed by atoms with van der Waals surface area (Å²) in [4.78, 5) is 31.7. The number of benzene rings is 1. The monoisotopic (exact) mass is 444 g/mol. The molecule has 3 heterocycles. The highest BCUT2D eigenvalue weighted by atomic mass is 32.2. The van der Waals surface area contributed by atoms with E-state index < -0.39 is 21.6 Å². The first-order valence-corrected chi connectivity index (χ1v) is 11.8. The van der Waals surface area contributed by atoms with Crippen LogP contribution in [-0.4, -0.2) is 70.9 Å². The molecule has 3 N–H and O–H groups in total. The molecule has 0 radical (unpaired) electrons. The second-order valence-electron chi connectivity index (χ2n) is 8.50. The van der Waals surface area contributed by atoms with E-state index in [2.05, 4.69) is 14.9 Å². The minimum atomic E-state index is -3.78. The molecule has 0 amide bonds. The van der Waals surface area contributed by atoms with Gasteiger partial charge in [-0.05, 0) is 57.5 Å². The molecule has 5 rings (SSSR count). The number of aromatic nitrogens is 2. The van der Waals surface area contributed by atoms with Crippen LogP contribution in [0.5, 0.6) is 0 Å². The average Bonchev–Trinajstić information content (AvgIpc) is 3.31. The third kappa shape index (κ3) is 3.35. The number of H-pyrrole nitrogens is 2. The van der Waals surface area contributed by atoms with Gasteiger partial charge in [0.05, 0.1) is 10.5 Å². The highest BCUT2D eigenvalue weighted by molar-refractivity contribution is 7.89. The van der Waals surface area contributed by atoms with Crippen LogP contribution < -0.4 is 5.56 Å². The molecule has 164 valence electrons. The van der Waals surface area contributed by atoms with Gasteiger partial charge >= 0.3 is 5.97 Å². The van der Waals surface area contributed by atoms with Crippen molar-refractivity contribution in [2.75, 3.05) is 20.1 Å². The summed E-state index contributed by atoms with van der Waals surface area (Å²) < 4.78 is 28.9. The van der Waals surface area contributed by atoms with Crippen LogP contribution in [-0.2, 0) is 10.0 Å². The number of pyridine rings is 1. The summed E-state index contributed by atoms with van der Waals surface area (Å²) in [5, 5.41) is 10.2. The minimum Gasteiger partial charge on any atom is -0.478 e. The normalized spacial score (nSPS) is 20.3. The second kappa shape index (κ2) is 7.18. The van der Waals surface area contributed by atoms with Crippen LogP contribution >= 0.6 is 0 Å². The Morgan fingerprint density at radius 3 is 2.71 bits per heavy atom. The number of aromatic amines is 2.